The number of carbonyl (C=O) groups is 2. The van der Waals surface area contributed by atoms with Crippen molar-refractivity contribution in [3.8, 4) is 0 Å². The van der Waals surface area contributed by atoms with Crippen LogP contribution in [-0.2, 0) is 11.3 Å². The van der Waals surface area contributed by atoms with Crippen molar-refractivity contribution in [1.82, 2.24) is 19.6 Å². The maximum atomic E-state index is 12.4. The van der Waals surface area contributed by atoms with Gasteiger partial charge in [-0.2, -0.15) is 10.2 Å². The lowest BCUT2D eigenvalue weighted by Gasteiger charge is -2.05. The average Bonchev–Trinajstić information content (AvgIpc) is 3.25. The summed E-state index contributed by atoms with van der Waals surface area (Å²) < 4.78 is 3.42. The molecule has 3 rings (SSSR count). The van der Waals surface area contributed by atoms with E-state index >= 15 is 0 Å². The smallest absolute Gasteiger partial charge is 0.328 e. The number of anilines is 1. The minimum absolute atomic E-state index is 0.0824. The van der Waals surface area contributed by atoms with E-state index in [9.17, 15) is 9.59 Å². The number of nitrogens with zero attached hydrogens (tertiary/aromatic N) is 4. The van der Waals surface area contributed by atoms with E-state index in [-0.39, 0.29) is 5.69 Å². The van der Waals surface area contributed by atoms with Gasteiger partial charge in [-0.25, -0.2) is 4.79 Å². The third-order valence-electron chi connectivity index (χ3n) is 3.87. The van der Waals surface area contributed by atoms with Gasteiger partial charge in [0.15, 0.2) is 11.5 Å². The number of rotatable bonds is 6. The third kappa shape index (κ3) is 4.54. The standard InChI is InChI=1S/C17H14BrCl2N5O3/c1-9(17(27)28)25-5-4-14(22-25)16(26)21-15-11(18)8-24(23-15)7-10-2-3-12(19)13(20)6-10/h2-6,8-9H,7H2,1H3,(H,27,28)(H,21,23,26). The number of amides is 1. The fourth-order valence-electron chi connectivity index (χ4n) is 2.35. The number of aliphatic carboxylic acids is 1. The number of benzene rings is 1. The molecule has 1 unspecified atom stereocenters. The van der Waals surface area contributed by atoms with Crippen LogP contribution in [0.2, 0.25) is 10.0 Å². The monoisotopic (exact) mass is 485 g/mol. The summed E-state index contributed by atoms with van der Waals surface area (Å²) in [5.74, 6) is -1.23. The van der Waals surface area contributed by atoms with Crippen molar-refractivity contribution in [3.05, 3.63) is 62.4 Å². The van der Waals surface area contributed by atoms with Crippen LogP contribution in [0.5, 0.6) is 0 Å². The molecule has 2 aromatic heterocycles. The van der Waals surface area contributed by atoms with Crippen LogP contribution in [-0.4, -0.2) is 36.5 Å². The lowest BCUT2D eigenvalue weighted by molar-refractivity contribution is -0.140. The fourth-order valence-corrected chi connectivity index (χ4v) is 3.08. The number of hydrogen-bond donors (Lipinski definition) is 2. The van der Waals surface area contributed by atoms with Crippen LogP contribution >= 0.6 is 39.1 Å². The molecule has 0 saturated heterocycles. The van der Waals surface area contributed by atoms with E-state index in [4.69, 9.17) is 28.3 Å². The van der Waals surface area contributed by atoms with Gasteiger partial charge < -0.3 is 10.4 Å². The molecular formula is C17H14BrCl2N5O3. The SMILES string of the molecule is CC(C(=O)O)n1ccc(C(=O)Nc2nn(Cc3ccc(Cl)c(Cl)c3)cc2Br)n1. The molecule has 146 valence electrons. The normalized spacial score (nSPS) is 12.0. The first-order valence-corrected chi connectivity index (χ1v) is 9.55. The van der Waals surface area contributed by atoms with E-state index < -0.39 is 17.9 Å². The summed E-state index contributed by atoms with van der Waals surface area (Å²) in [6.45, 7) is 1.90. The van der Waals surface area contributed by atoms with Crippen molar-refractivity contribution < 1.29 is 14.7 Å². The van der Waals surface area contributed by atoms with E-state index in [0.29, 0.717) is 26.9 Å². The zero-order chi connectivity index (χ0) is 20.4. The van der Waals surface area contributed by atoms with Crippen molar-refractivity contribution in [2.45, 2.75) is 19.5 Å². The molecule has 28 heavy (non-hydrogen) atoms. The summed E-state index contributed by atoms with van der Waals surface area (Å²) in [6, 6.07) is 5.84. The molecule has 0 radical (unpaired) electrons. The van der Waals surface area contributed by atoms with Crippen LogP contribution < -0.4 is 5.32 Å². The molecule has 8 nitrogen and oxygen atoms in total. The Bertz CT molecular complexity index is 1050. The van der Waals surface area contributed by atoms with Gasteiger partial charge in [-0.15, -0.1) is 0 Å². The highest BCUT2D eigenvalue weighted by atomic mass is 79.9. The van der Waals surface area contributed by atoms with Crippen molar-refractivity contribution in [1.29, 1.82) is 0 Å². The van der Waals surface area contributed by atoms with Gasteiger partial charge in [0.05, 0.1) is 21.1 Å². The molecule has 1 amide bonds. The van der Waals surface area contributed by atoms with Crippen molar-refractivity contribution in [3.63, 3.8) is 0 Å². The first kappa shape index (κ1) is 20.4. The minimum atomic E-state index is -1.04. The molecule has 2 N–H and O–H groups in total. The number of hydrogen-bond acceptors (Lipinski definition) is 4. The molecule has 11 heteroatoms. The van der Waals surface area contributed by atoms with Crippen LogP contribution in [0.4, 0.5) is 5.82 Å². The summed E-state index contributed by atoms with van der Waals surface area (Å²) in [6.07, 6.45) is 3.15. The van der Waals surface area contributed by atoms with Crippen LogP contribution in [0, 0.1) is 0 Å². The van der Waals surface area contributed by atoms with Crippen molar-refractivity contribution in [2.24, 2.45) is 0 Å². The number of nitrogens with one attached hydrogen (secondary N) is 1. The number of carbonyl (C=O) groups excluding carboxylic acids is 1. The van der Waals surface area contributed by atoms with Crippen LogP contribution in [0.1, 0.15) is 29.0 Å². The summed E-state index contributed by atoms with van der Waals surface area (Å²) in [5, 5.41) is 20.9. The fraction of sp³-hybridized carbons (Fsp3) is 0.176. The van der Waals surface area contributed by atoms with Gasteiger partial charge in [0.25, 0.3) is 5.91 Å². The predicted molar refractivity (Wildman–Crippen MR) is 108 cm³/mol. The van der Waals surface area contributed by atoms with Gasteiger partial charge in [-0.05, 0) is 46.6 Å². The maximum absolute atomic E-state index is 12.4. The number of halogens is 3. The summed E-state index contributed by atoms with van der Waals surface area (Å²) in [5.41, 5.74) is 0.975. The largest absolute Gasteiger partial charge is 0.480 e. The van der Waals surface area contributed by atoms with E-state index in [1.54, 1.807) is 23.0 Å². The molecular weight excluding hydrogens is 473 g/mol. The molecule has 3 aromatic rings. The van der Waals surface area contributed by atoms with E-state index in [2.05, 4.69) is 31.4 Å². The first-order valence-electron chi connectivity index (χ1n) is 8.01. The number of aromatic nitrogens is 4. The summed E-state index contributed by atoms with van der Waals surface area (Å²) >= 11 is 15.3. The molecule has 0 aliphatic rings. The van der Waals surface area contributed by atoms with E-state index in [1.165, 1.54) is 23.9 Å². The molecule has 0 saturated carbocycles. The molecule has 1 atom stereocenters. The molecule has 0 spiro atoms. The van der Waals surface area contributed by atoms with Gasteiger partial charge in [0.2, 0.25) is 0 Å². The van der Waals surface area contributed by atoms with Crippen LogP contribution in [0.3, 0.4) is 0 Å². The zero-order valence-corrected chi connectivity index (χ0v) is 17.5. The first-order chi connectivity index (χ1) is 13.2. The Labute approximate surface area is 178 Å². The Kier molecular flexibility index (Phi) is 6.07. The van der Waals surface area contributed by atoms with Crippen LogP contribution in [0.15, 0.2) is 41.1 Å². The topological polar surface area (TPSA) is 102 Å². The van der Waals surface area contributed by atoms with Gasteiger partial charge in [0, 0.05) is 12.4 Å². The van der Waals surface area contributed by atoms with Crippen molar-refractivity contribution in [2.75, 3.05) is 5.32 Å². The number of carboxylic acid groups (broad SMARTS) is 1. The van der Waals surface area contributed by atoms with Gasteiger partial charge in [-0.1, -0.05) is 29.3 Å². The maximum Gasteiger partial charge on any atom is 0.328 e. The van der Waals surface area contributed by atoms with Gasteiger partial charge in [0.1, 0.15) is 6.04 Å². The number of carboxylic acids is 1. The second kappa shape index (κ2) is 8.34. The lowest BCUT2D eigenvalue weighted by atomic mass is 10.2. The molecule has 1 aromatic carbocycles. The highest BCUT2D eigenvalue weighted by Crippen LogP contribution is 2.25. The molecule has 0 aliphatic carbocycles. The molecule has 0 bridgehead atoms. The Balaban J connectivity index is 1.72. The second-order valence-electron chi connectivity index (χ2n) is 5.92. The minimum Gasteiger partial charge on any atom is -0.480 e. The van der Waals surface area contributed by atoms with E-state index in [1.807, 2.05) is 6.07 Å². The average molecular weight is 487 g/mol. The van der Waals surface area contributed by atoms with Gasteiger partial charge in [-0.3, -0.25) is 14.2 Å². The van der Waals surface area contributed by atoms with Crippen molar-refractivity contribution >= 4 is 56.8 Å². The third-order valence-corrected chi connectivity index (χ3v) is 5.19. The predicted octanol–water partition coefficient (Wildman–Crippen LogP) is 4.10. The highest BCUT2D eigenvalue weighted by Gasteiger charge is 2.18. The quantitative estimate of drug-likeness (QED) is 0.546. The molecule has 0 fully saturated rings. The molecule has 0 aliphatic heterocycles. The van der Waals surface area contributed by atoms with Crippen LogP contribution in [0.25, 0.3) is 0 Å². The summed E-state index contributed by atoms with van der Waals surface area (Å²) in [4.78, 5) is 23.4. The Morgan fingerprint density at radius 1 is 1.25 bits per heavy atom. The Morgan fingerprint density at radius 2 is 2.00 bits per heavy atom. The lowest BCUT2D eigenvalue weighted by Crippen LogP contribution is -2.18. The van der Waals surface area contributed by atoms with E-state index in [0.717, 1.165) is 5.56 Å². The summed E-state index contributed by atoms with van der Waals surface area (Å²) in [7, 11) is 0. The zero-order valence-electron chi connectivity index (χ0n) is 14.4. The Morgan fingerprint density at radius 3 is 2.68 bits per heavy atom. The second-order valence-corrected chi connectivity index (χ2v) is 7.59. The molecule has 2 heterocycles. The highest BCUT2D eigenvalue weighted by molar-refractivity contribution is 9.10. The van der Waals surface area contributed by atoms with Gasteiger partial charge >= 0.3 is 5.97 Å². The Hall–Kier alpha value is -2.36.